The molecule has 0 aliphatic carbocycles. The van der Waals surface area contributed by atoms with E-state index in [-0.39, 0.29) is 12.6 Å². The number of aryl methyl sites for hydroxylation is 1. The molecule has 0 atom stereocenters. The Labute approximate surface area is 272 Å². The number of anilines is 4. The molecular formula is C29H27BrCl3N7O3. The molecule has 43 heavy (non-hydrogen) atoms. The number of rotatable bonds is 10. The van der Waals surface area contributed by atoms with Crippen molar-refractivity contribution < 1.29 is 14.2 Å². The number of nitrogens with zero attached hydrogens (tertiary/aromatic N) is 5. The second-order valence-corrected chi connectivity index (χ2v) is 11.5. The molecule has 0 bridgehead atoms. The maximum absolute atomic E-state index is 6.31. The van der Waals surface area contributed by atoms with Crippen LogP contribution in [0.1, 0.15) is 16.7 Å². The van der Waals surface area contributed by atoms with Crippen LogP contribution in [-0.2, 0) is 11.3 Å². The van der Waals surface area contributed by atoms with Crippen molar-refractivity contribution in [3.05, 3.63) is 84.8 Å². The van der Waals surface area contributed by atoms with Gasteiger partial charge in [0.2, 0.25) is 17.8 Å². The minimum Gasteiger partial charge on any atom is -0.493 e. The molecule has 1 aliphatic rings. The van der Waals surface area contributed by atoms with E-state index in [1.807, 2.05) is 42.2 Å². The molecule has 10 nitrogen and oxygen atoms in total. The van der Waals surface area contributed by atoms with E-state index < -0.39 is 0 Å². The summed E-state index contributed by atoms with van der Waals surface area (Å²) in [5.41, 5.74) is 6.18. The Kier molecular flexibility index (Phi) is 10.4. The van der Waals surface area contributed by atoms with Gasteiger partial charge in [-0.3, -0.25) is 0 Å². The van der Waals surface area contributed by atoms with Crippen LogP contribution in [0.15, 0.2) is 58.1 Å². The van der Waals surface area contributed by atoms with Crippen molar-refractivity contribution in [2.24, 2.45) is 5.10 Å². The summed E-state index contributed by atoms with van der Waals surface area (Å²) in [5, 5.41) is 9.30. The minimum atomic E-state index is 0.232. The quantitative estimate of drug-likeness (QED) is 0.128. The predicted octanol–water partition coefficient (Wildman–Crippen LogP) is 7.52. The average Bonchev–Trinajstić information content (AvgIpc) is 2.99. The van der Waals surface area contributed by atoms with E-state index in [4.69, 9.17) is 49.0 Å². The SMILES string of the molecule is COc1cc(/C=N\Nc2nc(Nc3ccc(C)c(Cl)c3)nc(N3CCOCC3)n2)cc(Br)c1OCc1ccc(Cl)cc1Cl. The summed E-state index contributed by atoms with van der Waals surface area (Å²) >= 11 is 22.2. The third-order valence-electron chi connectivity index (χ3n) is 6.36. The van der Waals surface area contributed by atoms with Gasteiger partial charge in [-0.05, 0) is 70.4 Å². The molecule has 14 heteroatoms. The van der Waals surface area contributed by atoms with Crippen LogP contribution in [0.4, 0.5) is 23.5 Å². The van der Waals surface area contributed by atoms with Gasteiger partial charge in [-0.2, -0.15) is 20.1 Å². The number of benzene rings is 3. The monoisotopic (exact) mass is 705 g/mol. The van der Waals surface area contributed by atoms with Crippen LogP contribution in [0.2, 0.25) is 15.1 Å². The molecule has 2 N–H and O–H groups in total. The lowest BCUT2D eigenvalue weighted by Crippen LogP contribution is -2.37. The number of hydrogen-bond donors (Lipinski definition) is 2. The summed E-state index contributed by atoms with van der Waals surface area (Å²) in [6, 6.07) is 14.6. The van der Waals surface area contributed by atoms with Crippen LogP contribution in [0.25, 0.3) is 0 Å². The van der Waals surface area contributed by atoms with Crippen molar-refractivity contribution in [1.82, 2.24) is 15.0 Å². The number of nitrogens with one attached hydrogen (secondary N) is 2. The van der Waals surface area contributed by atoms with Crippen LogP contribution >= 0.6 is 50.7 Å². The van der Waals surface area contributed by atoms with Crippen molar-refractivity contribution in [2.75, 3.05) is 49.1 Å². The van der Waals surface area contributed by atoms with Gasteiger partial charge in [-0.15, -0.1) is 0 Å². The van der Waals surface area contributed by atoms with E-state index in [0.29, 0.717) is 69.2 Å². The Morgan fingerprint density at radius 2 is 1.79 bits per heavy atom. The first-order chi connectivity index (χ1) is 20.8. The van der Waals surface area contributed by atoms with Crippen molar-refractivity contribution in [3.8, 4) is 11.5 Å². The maximum Gasteiger partial charge on any atom is 0.250 e. The number of hydrogen-bond acceptors (Lipinski definition) is 10. The lowest BCUT2D eigenvalue weighted by atomic mass is 10.2. The number of methoxy groups -OCH3 is 1. The zero-order chi connectivity index (χ0) is 30.3. The number of halogens is 4. The van der Waals surface area contributed by atoms with Crippen LogP contribution in [-0.4, -0.2) is 54.6 Å². The Bertz CT molecular complexity index is 1640. The Hall–Kier alpha value is -3.35. The van der Waals surface area contributed by atoms with E-state index in [2.05, 4.69) is 46.7 Å². The largest absolute Gasteiger partial charge is 0.493 e. The van der Waals surface area contributed by atoms with E-state index in [0.717, 1.165) is 22.4 Å². The van der Waals surface area contributed by atoms with Gasteiger partial charge in [0, 0.05) is 39.4 Å². The van der Waals surface area contributed by atoms with Crippen LogP contribution in [0, 0.1) is 6.92 Å². The molecule has 0 spiro atoms. The highest BCUT2D eigenvalue weighted by atomic mass is 79.9. The maximum atomic E-state index is 6.31. The number of hydrazone groups is 1. The van der Waals surface area contributed by atoms with Gasteiger partial charge in [0.05, 0.1) is 31.0 Å². The molecule has 0 radical (unpaired) electrons. The topological polar surface area (TPSA) is 106 Å². The Morgan fingerprint density at radius 3 is 2.53 bits per heavy atom. The first kappa shape index (κ1) is 31.1. The van der Waals surface area contributed by atoms with Crippen molar-refractivity contribution >= 4 is 80.5 Å². The van der Waals surface area contributed by atoms with Crippen LogP contribution in [0.5, 0.6) is 11.5 Å². The lowest BCUT2D eigenvalue weighted by Gasteiger charge is -2.27. The van der Waals surface area contributed by atoms with Crippen LogP contribution in [0.3, 0.4) is 0 Å². The molecule has 0 unspecified atom stereocenters. The molecule has 1 aromatic heterocycles. The summed E-state index contributed by atoms with van der Waals surface area (Å²) in [5.74, 6) is 2.15. The highest BCUT2D eigenvalue weighted by Gasteiger charge is 2.17. The highest BCUT2D eigenvalue weighted by Crippen LogP contribution is 2.37. The van der Waals surface area contributed by atoms with Gasteiger partial charge in [0.15, 0.2) is 11.5 Å². The average molecular weight is 708 g/mol. The van der Waals surface area contributed by atoms with Gasteiger partial charge in [0.25, 0.3) is 0 Å². The van der Waals surface area contributed by atoms with E-state index in [1.165, 1.54) is 0 Å². The molecule has 2 heterocycles. The number of ether oxygens (including phenoxy) is 3. The van der Waals surface area contributed by atoms with Gasteiger partial charge in [-0.1, -0.05) is 46.9 Å². The molecule has 4 aromatic rings. The number of morpholine rings is 1. The standard InChI is InChI=1S/C29H27BrCl3N7O3/c1-17-3-6-21(14-23(17)32)35-27-36-28(38-29(37-27)40-7-9-42-10-8-40)39-34-15-18-11-22(30)26(25(12-18)41-2)43-16-19-4-5-20(31)13-24(19)33/h3-6,11-15H,7-10,16H2,1-2H3,(H2,35,36,37,38,39)/b34-15-. The molecule has 1 saturated heterocycles. The third-order valence-corrected chi connectivity index (χ3v) is 7.95. The fraction of sp³-hybridized carbons (Fsp3) is 0.241. The van der Waals surface area contributed by atoms with Crippen molar-refractivity contribution in [1.29, 1.82) is 0 Å². The second-order valence-electron chi connectivity index (χ2n) is 9.40. The summed E-state index contributed by atoms with van der Waals surface area (Å²) in [7, 11) is 1.57. The van der Waals surface area contributed by atoms with E-state index in [9.17, 15) is 0 Å². The molecule has 0 amide bonds. The summed E-state index contributed by atoms with van der Waals surface area (Å²) in [4.78, 5) is 15.7. The molecule has 224 valence electrons. The van der Waals surface area contributed by atoms with Crippen molar-refractivity contribution in [3.63, 3.8) is 0 Å². The van der Waals surface area contributed by atoms with E-state index >= 15 is 0 Å². The summed E-state index contributed by atoms with van der Waals surface area (Å²) in [6.45, 7) is 4.68. The lowest BCUT2D eigenvalue weighted by molar-refractivity contribution is 0.122. The Balaban J connectivity index is 1.33. The fourth-order valence-electron chi connectivity index (χ4n) is 4.08. The molecule has 1 fully saturated rings. The summed E-state index contributed by atoms with van der Waals surface area (Å²) < 4.78 is 17.8. The van der Waals surface area contributed by atoms with Gasteiger partial charge in [-0.25, -0.2) is 5.43 Å². The van der Waals surface area contributed by atoms with Crippen LogP contribution < -0.4 is 25.1 Å². The molecule has 0 saturated carbocycles. The first-order valence-electron chi connectivity index (χ1n) is 13.1. The smallest absolute Gasteiger partial charge is 0.250 e. The zero-order valence-electron chi connectivity index (χ0n) is 23.2. The molecule has 1 aliphatic heterocycles. The molecule has 3 aromatic carbocycles. The third kappa shape index (κ3) is 8.18. The highest BCUT2D eigenvalue weighted by molar-refractivity contribution is 9.10. The second kappa shape index (κ2) is 14.4. The number of aromatic nitrogens is 3. The fourth-order valence-corrected chi connectivity index (χ4v) is 5.30. The van der Waals surface area contributed by atoms with Gasteiger partial charge in [0.1, 0.15) is 6.61 Å². The molecular weight excluding hydrogens is 681 g/mol. The summed E-state index contributed by atoms with van der Waals surface area (Å²) in [6.07, 6.45) is 1.62. The van der Waals surface area contributed by atoms with Crippen molar-refractivity contribution in [2.45, 2.75) is 13.5 Å². The Morgan fingerprint density at radius 1 is 1.00 bits per heavy atom. The first-order valence-corrected chi connectivity index (χ1v) is 15.1. The zero-order valence-corrected chi connectivity index (χ0v) is 27.1. The van der Waals surface area contributed by atoms with E-state index in [1.54, 1.807) is 31.5 Å². The normalized spacial score (nSPS) is 13.3. The molecule has 5 rings (SSSR count). The minimum absolute atomic E-state index is 0.232. The predicted molar refractivity (Wildman–Crippen MR) is 175 cm³/mol. The van der Waals surface area contributed by atoms with Gasteiger partial charge < -0.3 is 24.4 Å². The van der Waals surface area contributed by atoms with Gasteiger partial charge >= 0.3 is 0 Å².